The van der Waals surface area contributed by atoms with Crippen molar-refractivity contribution in [1.29, 1.82) is 0 Å². The molecule has 2 bridgehead atoms. The maximum absolute atomic E-state index is 17.2. The van der Waals surface area contributed by atoms with E-state index in [0.717, 1.165) is 6.07 Å². The van der Waals surface area contributed by atoms with E-state index >= 15 is 8.78 Å². The topological polar surface area (TPSA) is 115 Å². The van der Waals surface area contributed by atoms with E-state index in [9.17, 15) is 22.8 Å². The van der Waals surface area contributed by atoms with Gasteiger partial charge in [-0.2, -0.15) is 0 Å². The van der Waals surface area contributed by atoms with Crippen LogP contribution < -0.4 is 19.7 Å². The number of thioether (sulfide) groups is 1. The number of hydrogen-bond donors (Lipinski definition) is 1. The summed E-state index contributed by atoms with van der Waals surface area (Å²) >= 11 is 1.24. The van der Waals surface area contributed by atoms with Gasteiger partial charge in [-0.25, -0.2) is 28.3 Å². The Balaban J connectivity index is 1.57. The molecule has 0 saturated carbocycles. The number of carbonyl (C=O) groups excluding carboxylic acids is 2. The fourth-order valence-corrected chi connectivity index (χ4v) is 8.15. The standard InChI is InChI=1S/C36H42F5N5O6S/c1-16-22-23-28(44-30(16)53-10)45-15-35(9)12-11-21(46(35)32(48)52-34(6,7)8)26(45)17(2)49-29(23)43-25(24(22)38)19-13-18(42-31(47)51-33(3,4)5)14-20(37)27(19)50-36(39,40)41/h13-14,17,21,26H,11-12,15H2,1-10H3,(H,42,47)/t17-,21-,26+,35+/m0/s1. The maximum Gasteiger partial charge on any atom is 0.573 e. The van der Waals surface area contributed by atoms with Crippen LogP contribution in [0.1, 0.15) is 73.8 Å². The first-order chi connectivity index (χ1) is 24.4. The lowest BCUT2D eigenvalue weighted by atomic mass is 9.93. The van der Waals surface area contributed by atoms with Crippen LogP contribution in [-0.4, -0.2) is 81.1 Å². The predicted molar refractivity (Wildman–Crippen MR) is 189 cm³/mol. The molecule has 288 valence electrons. The lowest BCUT2D eigenvalue weighted by Gasteiger charge is -2.52. The number of nitrogens with one attached hydrogen (secondary N) is 1. The summed E-state index contributed by atoms with van der Waals surface area (Å²) in [4.78, 5) is 39.4. The maximum atomic E-state index is 17.2. The third kappa shape index (κ3) is 7.20. The second kappa shape index (κ2) is 12.9. The molecule has 11 nitrogen and oxygen atoms in total. The van der Waals surface area contributed by atoms with Crippen LogP contribution in [0.2, 0.25) is 0 Å². The summed E-state index contributed by atoms with van der Waals surface area (Å²) in [7, 11) is 0. The number of fused-ring (bicyclic) bond motifs is 5. The monoisotopic (exact) mass is 767 g/mol. The summed E-state index contributed by atoms with van der Waals surface area (Å²) in [6.45, 7) is 15.7. The zero-order valence-electron chi connectivity index (χ0n) is 31.0. The van der Waals surface area contributed by atoms with Crippen molar-refractivity contribution in [2.45, 2.75) is 121 Å². The number of aryl methyl sites for hydroxylation is 1. The summed E-state index contributed by atoms with van der Waals surface area (Å²) in [5.41, 5.74) is -3.87. The number of benzene rings is 1. The van der Waals surface area contributed by atoms with Gasteiger partial charge in [0.2, 0.25) is 5.88 Å². The Morgan fingerprint density at radius 1 is 1.04 bits per heavy atom. The van der Waals surface area contributed by atoms with Crippen molar-refractivity contribution in [3.8, 4) is 22.9 Å². The molecule has 53 heavy (non-hydrogen) atoms. The minimum Gasteiger partial charge on any atom is -0.472 e. The van der Waals surface area contributed by atoms with E-state index in [0.29, 0.717) is 35.3 Å². The highest BCUT2D eigenvalue weighted by Crippen LogP contribution is 2.51. The van der Waals surface area contributed by atoms with Gasteiger partial charge in [0.15, 0.2) is 17.4 Å². The zero-order valence-corrected chi connectivity index (χ0v) is 31.9. The van der Waals surface area contributed by atoms with Crippen molar-refractivity contribution in [2.24, 2.45) is 0 Å². The summed E-state index contributed by atoms with van der Waals surface area (Å²) in [5, 5.41) is 2.83. The van der Waals surface area contributed by atoms with Crippen LogP contribution in [0.25, 0.3) is 22.0 Å². The summed E-state index contributed by atoms with van der Waals surface area (Å²) in [6, 6.07) is 0.594. The summed E-state index contributed by atoms with van der Waals surface area (Å²) in [5.74, 6) is -3.83. The molecule has 2 fully saturated rings. The van der Waals surface area contributed by atoms with Crippen LogP contribution in [0.3, 0.4) is 0 Å². The highest BCUT2D eigenvalue weighted by Gasteiger charge is 2.59. The molecular formula is C36H42F5N5O6S. The third-order valence-corrected chi connectivity index (χ3v) is 10.2. The first-order valence-electron chi connectivity index (χ1n) is 17.0. The SMILES string of the molecule is CSc1nc2c3c(nc(-c4cc(NC(=O)OC(C)(C)C)cc(F)c4OC(F)(F)F)c(F)c3c1C)O[C@@H](C)[C@@H]1[C@@H]3CC[C@](C)(CN21)N3C(=O)OC(C)(C)C. The number of pyridine rings is 2. The van der Waals surface area contributed by atoms with Crippen LogP contribution in [0.15, 0.2) is 17.2 Å². The Bertz CT molecular complexity index is 2000. The number of halogens is 5. The summed E-state index contributed by atoms with van der Waals surface area (Å²) < 4.78 is 95.6. The van der Waals surface area contributed by atoms with Gasteiger partial charge in [-0.15, -0.1) is 24.9 Å². The molecule has 0 aliphatic carbocycles. The molecule has 1 aromatic carbocycles. The number of nitrogens with zero attached hydrogens (tertiary/aromatic N) is 4. The highest BCUT2D eigenvalue weighted by atomic mass is 32.2. The number of anilines is 2. The zero-order chi connectivity index (χ0) is 39.2. The normalized spacial score (nSPS) is 22.6. The second-order valence-electron chi connectivity index (χ2n) is 15.8. The number of ether oxygens (including phenoxy) is 4. The molecule has 2 saturated heterocycles. The van der Waals surface area contributed by atoms with E-state index in [4.69, 9.17) is 19.2 Å². The first-order valence-corrected chi connectivity index (χ1v) is 18.3. The molecule has 1 N–H and O–H groups in total. The van der Waals surface area contributed by atoms with Crippen molar-refractivity contribution in [2.75, 3.05) is 23.0 Å². The molecular weight excluding hydrogens is 725 g/mol. The van der Waals surface area contributed by atoms with Crippen LogP contribution in [0.5, 0.6) is 11.6 Å². The second-order valence-corrected chi connectivity index (χ2v) is 16.6. The first kappa shape index (κ1) is 38.4. The van der Waals surface area contributed by atoms with Crippen molar-refractivity contribution in [1.82, 2.24) is 14.9 Å². The van der Waals surface area contributed by atoms with Gasteiger partial charge in [-0.3, -0.25) is 10.2 Å². The van der Waals surface area contributed by atoms with E-state index in [-0.39, 0.29) is 28.9 Å². The van der Waals surface area contributed by atoms with Gasteiger partial charge in [0, 0.05) is 23.7 Å². The van der Waals surface area contributed by atoms with Crippen molar-refractivity contribution in [3.63, 3.8) is 0 Å². The van der Waals surface area contributed by atoms with Crippen molar-refractivity contribution in [3.05, 3.63) is 29.3 Å². The largest absolute Gasteiger partial charge is 0.573 e. The molecule has 3 aromatic rings. The van der Waals surface area contributed by atoms with Gasteiger partial charge < -0.3 is 23.8 Å². The third-order valence-electron chi connectivity index (χ3n) is 9.38. The number of piperazine rings is 1. The van der Waals surface area contributed by atoms with Gasteiger partial charge in [0.05, 0.1) is 28.6 Å². The Morgan fingerprint density at radius 2 is 1.70 bits per heavy atom. The molecule has 6 rings (SSSR count). The van der Waals surface area contributed by atoms with E-state index in [1.165, 1.54) is 11.8 Å². The molecule has 0 radical (unpaired) electrons. The van der Waals surface area contributed by atoms with E-state index in [1.807, 2.05) is 11.8 Å². The van der Waals surface area contributed by atoms with Gasteiger partial charge in [-0.1, -0.05) is 0 Å². The number of amides is 2. The van der Waals surface area contributed by atoms with E-state index < -0.39 is 82.1 Å². The molecule has 0 spiro atoms. The van der Waals surface area contributed by atoms with Gasteiger partial charge in [0.25, 0.3) is 0 Å². The van der Waals surface area contributed by atoms with Crippen LogP contribution in [0.4, 0.5) is 43.0 Å². The van der Waals surface area contributed by atoms with Crippen molar-refractivity contribution < 1.29 is 50.5 Å². The molecule has 17 heteroatoms. The Kier molecular flexibility index (Phi) is 9.39. The van der Waals surface area contributed by atoms with Crippen molar-refractivity contribution >= 4 is 46.2 Å². The Hall–Kier alpha value is -4.28. The lowest BCUT2D eigenvalue weighted by Crippen LogP contribution is -2.69. The molecule has 2 aromatic heterocycles. The molecule has 5 heterocycles. The Morgan fingerprint density at radius 3 is 2.30 bits per heavy atom. The van der Waals surface area contributed by atoms with Crippen LogP contribution in [-0.2, 0) is 9.47 Å². The smallest absolute Gasteiger partial charge is 0.472 e. The fourth-order valence-electron chi connectivity index (χ4n) is 7.56. The summed E-state index contributed by atoms with van der Waals surface area (Å²) in [6.07, 6.45) is -4.60. The quantitative estimate of drug-likeness (QED) is 0.204. The molecule has 2 amide bonds. The lowest BCUT2D eigenvalue weighted by molar-refractivity contribution is -0.275. The minimum atomic E-state index is -5.38. The van der Waals surface area contributed by atoms with E-state index in [2.05, 4.69) is 15.0 Å². The van der Waals surface area contributed by atoms with Gasteiger partial charge in [0.1, 0.15) is 33.8 Å². The number of aromatic nitrogens is 2. The molecule has 4 atom stereocenters. The fraction of sp³-hybridized carbons (Fsp3) is 0.556. The number of carbonyl (C=O) groups is 2. The Labute approximate surface area is 307 Å². The van der Waals surface area contributed by atoms with Gasteiger partial charge in [-0.05, 0) is 93.0 Å². The van der Waals surface area contributed by atoms with Gasteiger partial charge >= 0.3 is 18.5 Å². The average molecular weight is 768 g/mol. The molecule has 3 aliphatic rings. The average Bonchev–Trinajstić information content (AvgIpc) is 3.18. The number of alkyl halides is 3. The molecule has 3 aliphatic heterocycles. The molecule has 0 unspecified atom stereocenters. The predicted octanol–water partition coefficient (Wildman–Crippen LogP) is 8.98. The van der Waals surface area contributed by atoms with E-state index in [1.54, 1.807) is 66.5 Å². The van der Waals surface area contributed by atoms with Crippen LogP contribution in [0, 0.1) is 18.6 Å². The highest BCUT2D eigenvalue weighted by molar-refractivity contribution is 7.98. The minimum absolute atomic E-state index is 0.0526. The van der Waals surface area contributed by atoms with Crippen LogP contribution >= 0.6 is 11.8 Å². The number of hydrogen-bond acceptors (Lipinski definition) is 10. The number of rotatable bonds is 4.